The van der Waals surface area contributed by atoms with Gasteiger partial charge in [0, 0.05) is 21.3 Å². The number of benzene rings is 1. The summed E-state index contributed by atoms with van der Waals surface area (Å²) < 4.78 is 14.0. The number of halogens is 2. The summed E-state index contributed by atoms with van der Waals surface area (Å²) in [7, 11) is 0. The zero-order valence-electron chi connectivity index (χ0n) is 7.05. The van der Waals surface area contributed by atoms with Crippen molar-refractivity contribution in [2.24, 2.45) is 0 Å². The summed E-state index contributed by atoms with van der Waals surface area (Å²) in [5.74, 6) is -0.0809. The van der Waals surface area contributed by atoms with Gasteiger partial charge in [-0.2, -0.15) is 5.26 Å². The zero-order valence-corrected chi connectivity index (χ0v) is 8.62. The van der Waals surface area contributed by atoms with Crippen LogP contribution in [-0.2, 0) is 5.88 Å². The largest absolute Gasteiger partial charge is 0.207 e. The fraction of sp³-hybridized carbons (Fsp3) is 0.100. The number of hydrogen-bond acceptors (Lipinski definition) is 2. The van der Waals surface area contributed by atoms with Crippen LogP contribution in [0.4, 0.5) is 4.39 Å². The standard InChI is InChI=1S/C10H5ClFNS/c11-3-6-1-8(12)2-9-7(4-13)5-14-10(6)9/h1-2,5H,3H2. The SMILES string of the molecule is N#Cc1csc2c(CCl)cc(F)cc12. The quantitative estimate of drug-likeness (QED) is 0.680. The molecule has 0 bridgehead atoms. The first kappa shape index (κ1) is 9.45. The van der Waals surface area contributed by atoms with E-state index in [4.69, 9.17) is 16.9 Å². The topological polar surface area (TPSA) is 23.8 Å². The number of nitrogens with zero attached hydrogens (tertiary/aromatic N) is 1. The highest BCUT2D eigenvalue weighted by molar-refractivity contribution is 7.17. The Morgan fingerprint density at radius 3 is 2.93 bits per heavy atom. The van der Waals surface area contributed by atoms with E-state index < -0.39 is 0 Å². The van der Waals surface area contributed by atoms with Crippen molar-refractivity contribution in [1.82, 2.24) is 0 Å². The van der Waals surface area contributed by atoms with Gasteiger partial charge in [0.25, 0.3) is 0 Å². The summed E-state index contributed by atoms with van der Waals surface area (Å²) in [5.41, 5.74) is 1.25. The van der Waals surface area contributed by atoms with Crippen LogP contribution in [-0.4, -0.2) is 0 Å². The van der Waals surface area contributed by atoms with Crippen LogP contribution in [0.25, 0.3) is 10.1 Å². The number of fused-ring (bicyclic) bond motifs is 1. The number of hydrogen-bond donors (Lipinski definition) is 0. The van der Waals surface area contributed by atoms with Crippen LogP contribution in [0.3, 0.4) is 0 Å². The minimum absolute atomic E-state index is 0.264. The Morgan fingerprint density at radius 1 is 1.50 bits per heavy atom. The molecule has 0 spiro atoms. The lowest BCUT2D eigenvalue weighted by molar-refractivity contribution is 0.628. The number of nitriles is 1. The molecule has 0 aliphatic carbocycles. The van der Waals surface area contributed by atoms with E-state index in [1.54, 1.807) is 5.38 Å². The predicted molar refractivity (Wildman–Crippen MR) is 56.1 cm³/mol. The molecule has 1 aromatic carbocycles. The molecule has 0 radical (unpaired) electrons. The molecular weight excluding hydrogens is 221 g/mol. The van der Waals surface area contributed by atoms with Gasteiger partial charge in [0.2, 0.25) is 0 Å². The second-order valence-corrected chi connectivity index (χ2v) is 3.98. The molecule has 0 fully saturated rings. The molecule has 0 saturated carbocycles. The van der Waals surface area contributed by atoms with Crippen molar-refractivity contribution in [2.45, 2.75) is 5.88 Å². The van der Waals surface area contributed by atoms with E-state index in [1.807, 2.05) is 6.07 Å². The summed E-state index contributed by atoms with van der Waals surface area (Å²) in [4.78, 5) is 0. The molecular formula is C10H5ClFNS. The molecule has 0 unspecified atom stereocenters. The van der Waals surface area contributed by atoms with Crippen molar-refractivity contribution in [3.63, 3.8) is 0 Å². The van der Waals surface area contributed by atoms with Gasteiger partial charge in [-0.1, -0.05) is 0 Å². The Bertz CT molecular complexity index is 527. The molecule has 0 atom stereocenters. The minimum Gasteiger partial charge on any atom is -0.207 e. The van der Waals surface area contributed by atoms with Crippen molar-refractivity contribution in [2.75, 3.05) is 0 Å². The van der Waals surface area contributed by atoms with E-state index >= 15 is 0 Å². The molecule has 1 nitrogen and oxygen atoms in total. The lowest BCUT2D eigenvalue weighted by atomic mass is 10.1. The smallest absolute Gasteiger partial charge is 0.124 e. The summed E-state index contributed by atoms with van der Waals surface area (Å²) in [6.45, 7) is 0. The number of rotatable bonds is 1. The maximum absolute atomic E-state index is 13.1. The van der Waals surface area contributed by atoms with Crippen LogP contribution < -0.4 is 0 Å². The van der Waals surface area contributed by atoms with Crippen LogP contribution in [0.15, 0.2) is 17.5 Å². The fourth-order valence-electron chi connectivity index (χ4n) is 1.36. The van der Waals surface area contributed by atoms with Crippen molar-refractivity contribution in [1.29, 1.82) is 5.26 Å². The normalized spacial score (nSPS) is 10.4. The fourth-order valence-corrected chi connectivity index (χ4v) is 2.64. The molecule has 70 valence electrons. The van der Waals surface area contributed by atoms with Gasteiger partial charge >= 0.3 is 0 Å². The van der Waals surface area contributed by atoms with E-state index in [9.17, 15) is 4.39 Å². The van der Waals surface area contributed by atoms with Gasteiger partial charge in [0.05, 0.1) is 5.56 Å². The Balaban J connectivity index is 2.85. The number of alkyl halides is 1. The molecule has 4 heteroatoms. The highest BCUT2D eigenvalue weighted by atomic mass is 35.5. The predicted octanol–water partition coefficient (Wildman–Crippen LogP) is 3.65. The molecule has 0 aliphatic heterocycles. The van der Waals surface area contributed by atoms with E-state index in [0.29, 0.717) is 10.9 Å². The minimum atomic E-state index is -0.344. The van der Waals surface area contributed by atoms with Crippen LogP contribution in [0.1, 0.15) is 11.1 Å². The van der Waals surface area contributed by atoms with Crippen molar-refractivity contribution < 1.29 is 4.39 Å². The molecule has 0 aliphatic rings. The second kappa shape index (κ2) is 3.56. The molecule has 2 rings (SSSR count). The lowest BCUT2D eigenvalue weighted by Gasteiger charge is -1.98. The van der Waals surface area contributed by atoms with Crippen LogP contribution in [0.2, 0.25) is 0 Å². The lowest BCUT2D eigenvalue weighted by Crippen LogP contribution is -1.82. The van der Waals surface area contributed by atoms with Crippen molar-refractivity contribution in [3.05, 3.63) is 34.5 Å². The average molecular weight is 226 g/mol. The molecule has 0 saturated heterocycles. The summed E-state index contributed by atoms with van der Waals surface area (Å²) >= 11 is 7.11. The third-order valence-electron chi connectivity index (χ3n) is 1.98. The van der Waals surface area contributed by atoms with Crippen LogP contribution in [0, 0.1) is 17.1 Å². The van der Waals surface area contributed by atoms with Crippen molar-refractivity contribution >= 4 is 33.0 Å². The second-order valence-electron chi connectivity index (χ2n) is 2.84. The number of thiophene rings is 1. The molecule has 1 aromatic heterocycles. The monoisotopic (exact) mass is 225 g/mol. The van der Waals surface area contributed by atoms with E-state index in [-0.39, 0.29) is 11.7 Å². The Morgan fingerprint density at radius 2 is 2.29 bits per heavy atom. The van der Waals surface area contributed by atoms with Gasteiger partial charge in [-0.05, 0) is 17.7 Å². The van der Waals surface area contributed by atoms with Gasteiger partial charge in [0.15, 0.2) is 0 Å². The third-order valence-corrected chi connectivity index (χ3v) is 3.34. The Hall–Kier alpha value is -1.11. The zero-order chi connectivity index (χ0) is 10.1. The molecule has 2 aromatic rings. The highest BCUT2D eigenvalue weighted by Crippen LogP contribution is 2.30. The summed E-state index contributed by atoms with van der Waals surface area (Å²) in [6, 6.07) is 4.81. The maximum Gasteiger partial charge on any atom is 0.124 e. The summed E-state index contributed by atoms with van der Waals surface area (Å²) in [6.07, 6.45) is 0. The summed E-state index contributed by atoms with van der Waals surface area (Å²) in [5, 5.41) is 11.2. The third kappa shape index (κ3) is 1.37. The molecule has 0 N–H and O–H groups in total. The average Bonchev–Trinajstić information content (AvgIpc) is 2.59. The van der Waals surface area contributed by atoms with Gasteiger partial charge < -0.3 is 0 Å². The van der Waals surface area contributed by atoms with E-state index in [0.717, 1.165) is 10.3 Å². The van der Waals surface area contributed by atoms with Gasteiger partial charge in [-0.3, -0.25) is 0 Å². The van der Waals surface area contributed by atoms with Crippen LogP contribution in [0.5, 0.6) is 0 Å². The van der Waals surface area contributed by atoms with Gasteiger partial charge in [-0.25, -0.2) is 4.39 Å². The first-order valence-corrected chi connectivity index (χ1v) is 5.33. The van der Waals surface area contributed by atoms with E-state index in [1.165, 1.54) is 23.5 Å². The molecule has 14 heavy (non-hydrogen) atoms. The Kier molecular flexibility index (Phi) is 2.40. The highest BCUT2D eigenvalue weighted by Gasteiger charge is 2.09. The first-order chi connectivity index (χ1) is 6.76. The van der Waals surface area contributed by atoms with Gasteiger partial charge in [0.1, 0.15) is 11.9 Å². The maximum atomic E-state index is 13.1. The Labute approximate surface area is 89.3 Å². The van der Waals surface area contributed by atoms with Crippen molar-refractivity contribution in [3.8, 4) is 6.07 Å². The van der Waals surface area contributed by atoms with E-state index in [2.05, 4.69) is 0 Å². The molecule has 0 amide bonds. The first-order valence-electron chi connectivity index (χ1n) is 3.92. The van der Waals surface area contributed by atoms with Crippen LogP contribution >= 0.6 is 22.9 Å². The van der Waals surface area contributed by atoms with Gasteiger partial charge in [-0.15, -0.1) is 22.9 Å². The molecule has 1 heterocycles.